The molecule has 0 amide bonds. The molecule has 1 heterocycles. The number of likely N-dealkylation sites (tertiary alicyclic amines) is 1. The van der Waals surface area contributed by atoms with Gasteiger partial charge in [-0.15, -0.1) is 0 Å². The maximum atomic E-state index is 11.7. The largest absolute Gasteiger partial charge is 0.469 e. The van der Waals surface area contributed by atoms with E-state index in [1.807, 2.05) is 6.07 Å². The minimum Gasteiger partial charge on any atom is -0.469 e. The Balaban J connectivity index is 1.82. The molecular formula is C20H32N4O2. The maximum Gasteiger partial charge on any atom is 0.308 e. The lowest BCUT2D eigenvalue weighted by atomic mass is 9.97. The van der Waals surface area contributed by atoms with Gasteiger partial charge >= 0.3 is 5.97 Å². The standard InChI is InChI=1S/C20H32N4O2/c1-4-21-20(24-13-10-18(11-14-24)19(25)26-3)22-12-15-23(2)16-17-8-6-5-7-9-17/h5-9,18H,4,10-16H2,1-3H3,(H,21,22). The monoisotopic (exact) mass is 360 g/mol. The number of nitrogens with one attached hydrogen (secondary N) is 1. The van der Waals surface area contributed by atoms with E-state index in [4.69, 9.17) is 9.73 Å². The molecule has 0 saturated carbocycles. The predicted octanol–water partition coefficient (Wildman–Crippen LogP) is 1.97. The van der Waals surface area contributed by atoms with Gasteiger partial charge in [-0.2, -0.15) is 0 Å². The zero-order valence-corrected chi connectivity index (χ0v) is 16.3. The lowest BCUT2D eigenvalue weighted by Crippen LogP contribution is -2.47. The lowest BCUT2D eigenvalue weighted by molar-refractivity contribution is -0.146. The van der Waals surface area contributed by atoms with Crippen molar-refractivity contribution >= 4 is 11.9 Å². The van der Waals surface area contributed by atoms with Gasteiger partial charge in [0.1, 0.15) is 0 Å². The molecule has 1 aromatic rings. The van der Waals surface area contributed by atoms with E-state index in [0.29, 0.717) is 0 Å². The SMILES string of the molecule is CCNC(=NCCN(C)Cc1ccccc1)N1CCC(C(=O)OC)CC1. The van der Waals surface area contributed by atoms with Gasteiger partial charge < -0.3 is 19.9 Å². The first-order valence-electron chi connectivity index (χ1n) is 9.47. The van der Waals surface area contributed by atoms with Crippen molar-refractivity contribution < 1.29 is 9.53 Å². The molecule has 0 radical (unpaired) electrons. The van der Waals surface area contributed by atoms with Gasteiger partial charge in [0.15, 0.2) is 5.96 Å². The molecular weight excluding hydrogens is 328 g/mol. The smallest absolute Gasteiger partial charge is 0.308 e. The maximum absolute atomic E-state index is 11.7. The quantitative estimate of drug-likeness (QED) is 0.458. The summed E-state index contributed by atoms with van der Waals surface area (Å²) in [7, 11) is 3.59. The minimum absolute atomic E-state index is 0.0242. The van der Waals surface area contributed by atoms with Crippen molar-refractivity contribution in [2.24, 2.45) is 10.9 Å². The molecule has 2 rings (SSSR count). The first kappa shape index (κ1) is 20.2. The summed E-state index contributed by atoms with van der Waals surface area (Å²) >= 11 is 0. The van der Waals surface area contributed by atoms with Crippen LogP contribution in [0.25, 0.3) is 0 Å². The van der Waals surface area contributed by atoms with Gasteiger partial charge in [-0.3, -0.25) is 9.79 Å². The first-order valence-corrected chi connectivity index (χ1v) is 9.47. The van der Waals surface area contributed by atoms with Crippen LogP contribution in [-0.4, -0.2) is 68.6 Å². The summed E-state index contributed by atoms with van der Waals surface area (Å²) in [6.07, 6.45) is 1.65. The topological polar surface area (TPSA) is 57.2 Å². The number of hydrogen-bond donors (Lipinski definition) is 1. The van der Waals surface area contributed by atoms with Crippen LogP contribution in [0.4, 0.5) is 0 Å². The number of carbonyl (C=O) groups is 1. The Labute approximate surface area is 157 Å². The minimum atomic E-state index is -0.0888. The van der Waals surface area contributed by atoms with Gasteiger partial charge in [0.25, 0.3) is 0 Å². The molecule has 0 atom stereocenters. The van der Waals surface area contributed by atoms with Crippen molar-refractivity contribution in [1.82, 2.24) is 15.1 Å². The number of benzene rings is 1. The van der Waals surface area contributed by atoms with Crippen LogP contribution < -0.4 is 5.32 Å². The molecule has 0 aromatic heterocycles. The van der Waals surface area contributed by atoms with Gasteiger partial charge in [0.2, 0.25) is 0 Å². The average molecular weight is 361 g/mol. The fourth-order valence-corrected chi connectivity index (χ4v) is 3.22. The van der Waals surface area contributed by atoms with Crippen molar-refractivity contribution in [2.45, 2.75) is 26.3 Å². The number of nitrogens with zero attached hydrogens (tertiary/aromatic N) is 3. The van der Waals surface area contributed by atoms with Crippen molar-refractivity contribution in [3.8, 4) is 0 Å². The zero-order valence-electron chi connectivity index (χ0n) is 16.3. The third-order valence-electron chi connectivity index (χ3n) is 4.70. The van der Waals surface area contributed by atoms with Crippen LogP contribution in [0.5, 0.6) is 0 Å². The van der Waals surface area contributed by atoms with E-state index in [1.54, 1.807) is 0 Å². The average Bonchev–Trinajstić information content (AvgIpc) is 2.67. The number of hydrogen-bond acceptors (Lipinski definition) is 4. The summed E-state index contributed by atoms with van der Waals surface area (Å²) in [4.78, 5) is 21.0. The molecule has 26 heavy (non-hydrogen) atoms. The Kier molecular flexibility index (Phi) is 8.41. The second kappa shape index (κ2) is 10.8. The van der Waals surface area contributed by atoms with Crippen LogP contribution in [-0.2, 0) is 16.1 Å². The number of aliphatic imine (C=N–C) groups is 1. The van der Waals surface area contributed by atoms with Gasteiger partial charge in [-0.05, 0) is 32.4 Å². The summed E-state index contributed by atoms with van der Waals surface area (Å²) in [6.45, 7) is 7.19. The Bertz CT molecular complexity index is 568. The number of likely N-dealkylation sites (N-methyl/N-ethyl adjacent to an activating group) is 1. The third kappa shape index (κ3) is 6.33. The first-order chi connectivity index (χ1) is 12.6. The van der Waals surface area contributed by atoms with Crippen molar-refractivity contribution in [3.63, 3.8) is 0 Å². The number of piperidine rings is 1. The highest BCUT2D eigenvalue weighted by Gasteiger charge is 2.26. The van der Waals surface area contributed by atoms with E-state index < -0.39 is 0 Å². The van der Waals surface area contributed by atoms with Crippen LogP contribution in [0.15, 0.2) is 35.3 Å². The van der Waals surface area contributed by atoms with E-state index >= 15 is 0 Å². The van der Waals surface area contributed by atoms with Crippen LogP contribution >= 0.6 is 0 Å². The van der Waals surface area contributed by atoms with E-state index in [1.165, 1.54) is 12.7 Å². The summed E-state index contributed by atoms with van der Waals surface area (Å²) in [5.41, 5.74) is 1.32. The highest BCUT2D eigenvalue weighted by molar-refractivity contribution is 5.80. The van der Waals surface area contributed by atoms with Crippen molar-refractivity contribution in [2.75, 3.05) is 46.9 Å². The molecule has 6 heteroatoms. The van der Waals surface area contributed by atoms with Gasteiger partial charge in [-0.1, -0.05) is 30.3 Å². The molecule has 0 unspecified atom stereocenters. The van der Waals surface area contributed by atoms with Crippen LogP contribution in [0.2, 0.25) is 0 Å². The highest BCUT2D eigenvalue weighted by atomic mass is 16.5. The second-order valence-corrected chi connectivity index (χ2v) is 6.74. The Morgan fingerprint density at radius 1 is 1.31 bits per heavy atom. The Hall–Kier alpha value is -2.08. The number of esters is 1. The normalized spacial score (nSPS) is 16.0. The molecule has 1 aliphatic heterocycles. The van der Waals surface area contributed by atoms with Gasteiger partial charge in [0, 0.05) is 32.7 Å². The summed E-state index contributed by atoms with van der Waals surface area (Å²) < 4.78 is 4.86. The molecule has 1 N–H and O–H groups in total. The number of carbonyl (C=O) groups excluding carboxylic acids is 1. The van der Waals surface area contributed by atoms with Gasteiger partial charge in [-0.25, -0.2) is 0 Å². The van der Waals surface area contributed by atoms with E-state index in [9.17, 15) is 4.79 Å². The summed E-state index contributed by atoms with van der Waals surface area (Å²) in [5, 5.41) is 3.38. The summed E-state index contributed by atoms with van der Waals surface area (Å²) in [5.74, 6) is 0.884. The number of methoxy groups -OCH3 is 1. The molecule has 1 fully saturated rings. The van der Waals surface area contributed by atoms with Crippen LogP contribution in [0.1, 0.15) is 25.3 Å². The second-order valence-electron chi connectivity index (χ2n) is 6.74. The van der Waals surface area contributed by atoms with E-state index in [-0.39, 0.29) is 11.9 Å². The third-order valence-corrected chi connectivity index (χ3v) is 4.70. The fraction of sp³-hybridized carbons (Fsp3) is 0.600. The molecule has 1 aliphatic rings. The lowest BCUT2D eigenvalue weighted by Gasteiger charge is -2.33. The van der Waals surface area contributed by atoms with Crippen LogP contribution in [0.3, 0.4) is 0 Å². The molecule has 6 nitrogen and oxygen atoms in total. The van der Waals surface area contributed by atoms with Gasteiger partial charge in [0.05, 0.1) is 19.6 Å². The van der Waals surface area contributed by atoms with Crippen molar-refractivity contribution in [3.05, 3.63) is 35.9 Å². The molecule has 0 bridgehead atoms. The van der Waals surface area contributed by atoms with Crippen LogP contribution in [0, 0.1) is 5.92 Å². The molecule has 144 valence electrons. The Morgan fingerprint density at radius 2 is 2.00 bits per heavy atom. The molecule has 1 aromatic carbocycles. The zero-order chi connectivity index (χ0) is 18.8. The number of guanidine groups is 1. The van der Waals surface area contributed by atoms with E-state index in [2.05, 4.69) is 53.4 Å². The van der Waals surface area contributed by atoms with E-state index in [0.717, 1.165) is 58.1 Å². The fourth-order valence-electron chi connectivity index (χ4n) is 3.22. The highest BCUT2D eigenvalue weighted by Crippen LogP contribution is 2.18. The predicted molar refractivity (Wildman–Crippen MR) is 105 cm³/mol. The van der Waals surface area contributed by atoms with Crippen molar-refractivity contribution in [1.29, 1.82) is 0 Å². The number of ether oxygens (including phenoxy) is 1. The Morgan fingerprint density at radius 3 is 2.62 bits per heavy atom. The number of rotatable bonds is 7. The summed E-state index contributed by atoms with van der Waals surface area (Å²) in [6, 6.07) is 10.5. The molecule has 1 saturated heterocycles. The molecule has 0 aliphatic carbocycles. The molecule has 0 spiro atoms.